The molecule has 1 saturated carbocycles. The molecule has 0 atom stereocenters. The molecule has 0 radical (unpaired) electrons. The van der Waals surface area contributed by atoms with Crippen LogP contribution in [0, 0.1) is 5.21 Å². The zero-order valence-electron chi connectivity index (χ0n) is 10.9. The van der Waals surface area contributed by atoms with Gasteiger partial charge in [0.15, 0.2) is 0 Å². The molecule has 0 amide bonds. The fourth-order valence-electron chi connectivity index (χ4n) is 2.15. The van der Waals surface area contributed by atoms with Gasteiger partial charge in [-0.2, -0.15) is 25.5 Å². The Balaban J connectivity index is 2.46. The zero-order chi connectivity index (χ0) is 13.5. The maximum atomic E-state index is 10.8. The quantitative estimate of drug-likeness (QED) is 0.500. The van der Waals surface area contributed by atoms with Crippen molar-refractivity contribution in [2.24, 2.45) is 10.2 Å². The predicted octanol–water partition coefficient (Wildman–Crippen LogP) is 0.970. The molecule has 0 aromatic heterocycles. The highest BCUT2D eigenvalue weighted by molar-refractivity contribution is 5.22. The Morgan fingerprint density at radius 3 is 1.83 bits per heavy atom. The summed E-state index contributed by atoms with van der Waals surface area (Å²) < 4.78 is 0. The molecule has 1 rings (SSSR count). The third kappa shape index (κ3) is 3.91. The Morgan fingerprint density at radius 2 is 1.50 bits per heavy atom. The number of nitrogens with zero attached hydrogens (tertiary/aromatic N) is 5. The van der Waals surface area contributed by atoms with E-state index in [1.807, 2.05) is 0 Å². The van der Waals surface area contributed by atoms with E-state index in [0.29, 0.717) is 5.23 Å². The van der Waals surface area contributed by atoms with E-state index < -0.39 is 0 Å². The third-order valence-corrected chi connectivity index (χ3v) is 2.96. The van der Waals surface area contributed by atoms with E-state index >= 15 is 0 Å². The summed E-state index contributed by atoms with van der Waals surface area (Å²) in [6.45, 7) is 6.85. The highest BCUT2D eigenvalue weighted by atomic mass is 17.0. The maximum Gasteiger partial charge on any atom is 0.0778 e. The van der Waals surface area contributed by atoms with Crippen molar-refractivity contribution in [3.05, 3.63) is 5.21 Å². The number of rotatable bonds is 7. The highest BCUT2D eigenvalue weighted by Crippen LogP contribution is 2.27. The standard InChI is InChI=1S/C10H20N5O3/c1-11-14(17-4)9-5-7-10(8-6-9)15(12-2)18-13(3)16/h9-10H,1-2,5-8H2,3-4H3/q-1. The van der Waals surface area contributed by atoms with Gasteiger partial charge in [-0.05, 0) is 25.7 Å². The van der Waals surface area contributed by atoms with Crippen molar-refractivity contribution in [3.8, 4) is 0 Å². The molecule has 0 aromatic rings. The molecular formula is C10H20N5O3-. The zero-order valence-corrected chi connectivity index (χ0v) is 10.9. The van der Waals surface area contributed by atoms with E-state index in [1.165, 1.54) is 17.4 Å². The molecule has 0 saturated heterocycles. The Hall–Kier alpha value is -1.22. The number of hydrazone groups is 2. The van der Waals surface area contributed by atoms with Crippen LogP contribution in [0.15, 0.2) is 10.2 Å². The van der Waals surface area contributed by atoms with E-state index in [9.17, 15) is 5.21 Å². The van der Waals surface area contributed by atoms with Crippen LogP contribution in [0.4, 0.5) is 0 Å². The minimum Gasteiger partial charge on any atom is -0.760 e. The third-order valence-electron chi connectivity index (χ3n) is 2.96. The molecule has 1 fully saturated rings. The molecule has 8 nitrogen and oxygen atoms in total. The summed E-state index contributed by atoms with van der Waals surface area (Å²) >= 11 is 0. The largest absolute Gasteiger partial charge is 0.760 e. The second kappa shape index (κ2) is 7.27. The monoisotopic (exact) mass is 258 g/mol. The highest BCUT2D eigenvalue weighted by Gasteiger charge is 2.29. The predicted molar refractivity (Wildman–Crippen MR) is 68.0 cm³/mol. The van der Waals surface area contributed by atoms with Crippen molar-refractivity contribution in [1.82, 2.24) is 15.6 Å². The van der Waals surface area contributed by atoms with Gasteiger partial charge in [0.1, 0.15) is 0 Å². The van der Waals surface area contributed by atoms with Gasteiger partial charge in [0.05, 0.1) is 19.2 Å². The summed E-state index contributed by atoms with van der Waals surface area (Å²) in [5.41, 5.74) is 0. The lowest BCUT2D eigenvalue weighted by Gasteiger charge is -2.38. The van der Waals surface area contributed by atoms with Gasteiger partial charge in [-0.3, -0.25) is 4.84 Å². The van der Waals surface area contributed by atoms with Gasteiger partial charge < -0.3 is 5.21 Å². The summed E-state index contributed by atoms with van der Waals surface area (Å²) in [6, 6.07) is 0.235. The molecule has 1 aliphatic rings. The van der Waals surface area contributed by atoms with Crippen LogP contribution in [-0.2, 0) is 9.78 Å². The Morgan fingerprint density at radius 1 is 1.06 bits per heavy atom. The van der Waals surface area contributed by atoms with Gasteiger partial charge in [0.25, 0.3) is 0 Å². The van der Waals surface area contributed by atoms with Crippen molar-refractivity contribution in [2.75, 3.05) is 14.2 Å². The normalized spacial score (nSPS) is 23.8. The number of hydrogen-bond acceptors (Lipinski definition) is 8. The maximum absolute atomic E-state index is 10.8. The van der Waals surface area contributed by atoms with Crippen molar-refractivity contribution in [1.29, 1.82) is 0 Å². The van der Waals surface area contributed by atoms with Gasteiger partial charge >= 0.3 is 0 Å². The van der Waals surface area contributed by atoms with E-state index in [0.717, 1.165) is 25.7 Å². The summed E-state index contributed by atoms with van der Waals surface area (Å²) in [7, 11) is 2.83. The van der Waals surface area contributed by atoms with Crippen molar-refractivity contribution in [2.45, 2.75) is 37.8 Å². The molecule has 18 heavy (non-hydrogen) atoms. The average Bonchev–Trinajstić information content (AvgIpc) is 2.38. The molecule has 0 bridgehead atoms. The van der Waals surface area contributed by atoms with Crippen molar-refractivity contribution < 1.29 is 9.78 Å². The van der Waals surface area contributed by atoms with Gasteiger partial charge in [-0.25, -0.2) is 5.23 Å². The topological polar surface area (TPSA) is 76.0 Å². The minimum atomic E-state index is 0.0404. The first-order valence-corrected chi connectivity index (χ1v) is 5.77. The lowest BCUT2D eigenvalue weighted by atomic mass is 9.92. The lowest BCUT2D eigenvalue weighted by Crippen LogP contribution is -2.41. The SMILES string of the molecule is C=NN(OC)C1CCC(N(N=C)ON(C)[O-])CC1. The Kier molecular flexibility index (Phi) is 5.99. The number of hydroxylamine groups is 4. The molecule has 104 valence electrons. The van der Waals surface area contributed by atoms with Gasteiger partial charge in [0.2, 0.25) is 0 Å². The van der Waals surface area contributed by atoms with E-state index in [2.05, 4.69) is 23.6 Å². The van der Waals surface area contributed by atoms with Crippen LogP contribution in [-0.4, -0.2) is 55.2 Å². The first-order valence-electron chi connectivity index (χ1n) is 5.77. The van der Waals surface area contributed by atoms with Crippen LogP contribution < -0.4 is 0 Å². The molecule has 0 heterocycles. The summed E-state index contributed by atoms with van der Waals surface area (Å²) in [5, 5.41) is 21.4. The summed E-state index contributed by atoms with van der Waals surface area (Å²) in [4.78, 5) is 9.98. The Bertz CT molecular complexity index is 268. The van der Waals surface area contributed by atoms with Crippen LogP contribution >= 0.6 is 0 Å². The molecule has 0 aliphatic heterocycles. The first kappa shape index (κ1) is 14.8. The van der Waals surface area contributed by atoms with Crippen molar-refractivity contribution >= 4 is 13.4 Å². The summed E-state index contributed by atoms with van der Waals surface area (Å²) in [5.74, 6) is 0. The van der Waals surface area contributed by atoms with Gasteiger partial charge in [-0.15, -0.1) is 0 Å². The smallest absolute Gasteiger partial charge is 0.0778 e. The average molecular weight is 258 g/mol. The van der Waals surface area contributed by atoms with Crippen molar-refractivity contribution in [3.63, 3.8) is 0 Å². The molecule has 0 N–H and O–H groups in total. The number of hydrogen-bond donors (Lipinski definition) is 0. The second-order valence-corrected chi connectivity index (χ2v) is 4.05. The molecule has 0 aromatic carbocycles. The van der Waals surface area contributed by atoms with E-state index in [1.54, 1.807) is 7.11 Å². The minimum absolute atomic E-state index is 0.0404. The van der Waals surface area contributed by atoms with Crippen LogP contribution in [0.2, 0.25) is 0 Å². The fourth-order valence-corrected chi connectivity index (χ4v) is 2.15. The van der Waals surface area contributed by atoms with E-state index in [-0.39, 0.29) is 12.1 Å². The first-order chi connectivity index (χ1) is 8.62. The van der Waals surface area contributed by atoms with E-state index in [4.69, 9.17) is 9.78 Å². The molecule has 0 unspecified atom stereocenters. The van der Waals surface area contributed by atoms with Crippen LogP contribution in [0.25, 0.3) is 0 Å². The van der Waals surface area contributed by atoms with Gasteiger partial charge in [0, 0.05) is 20.5 Å². The fraction of sp³-hybridized carbons (Fsp3) is 0.800. The Labute approximate surface area is 107 Å². The molecule has 0 spiro atoms. The van der Waals surface area contributed by atoms with Gasteiger partial charge in [-0.1, -0.05) is 0 Å². The molecular weight excluding hydrogens is 238 g/mol. The van der Waals surface area contributed by atoms with Crippen LogP contribution in [0.5, 0.6) is 0 Å². The lowest BCUT2D eigenvalue weighted by molar-refractivity contribution is -0.316. The molecule has 8 heteroatoms. The summed E-state index contributed by atoms with van der Waals surface area (Å²) in [6.07, 6.45) is 3.34. The van der Waals surface area contributed by atoms with Crippen LogP contribution in [0.1, 0.15) is 25.7 Å². The second-order valence-electron chi connectivity index (χ2n) is 4.05. The molecule has 1 aliphatic carbocycles. The van der Waals surface area contributed by atoms with Crippen LogP contribution in [0.3, 0.4) is 0 Å².